The Morgan fingerprint density at radius 2 is 1.92 bits per heavy atom. The van der Waals surface area contributed by atoms with E-state index in [1.54, 1.807) is 12.2 Å². The molecule has 0 aromatic heterocycles. The molecule has 1 rings (SSSR count). The summed E-state index contributed by atoms with van der Waals surface area (Å²) in [6.07, 6.45) is 4.61. The second-order valence-electron chi connectivity index (χ2n) is 3.01. The molecule has 12 heavy (non-hydrogen) atoms. The first-order chi connectivity index (χ1) is 5.61. The standard InChI is InChI=1S/C8H12N2O2/c9-7(11)5-2-1-3-6(4-5)8(10)12/h1-2,5-6H,3-4H2,(H2,9,11)(H2,10,12). The molecule has 4 nitrogen and oxygen atoms in total. The monoisotopic (exact) mass is 168 g/mol. The maximum absolute atomic E-state index is 10.8. The number of hydrogen-bond acceptors (Lipinski definition) is 2. The van der Waals surface area contributed by atoms with Crippen LogP contribution in [0.15, 0.2) is 12.2 Å². The molecule has 0 spiro atoms. The van der Waals surface area contributed by atoms with Crippen molar-refractivity contribution in [3.05, 3.63) is 12.2 Å². The Balaban J connectivity index is 2.63. The molecule has 1 aliphatic rings. The highest BCUT2D eigenvalue weighted by Crippen LogP contribution is 2.22. The SMILES string of the molecule is NC(=O)C1C=CCC(C(N)=O)C1. The number of carbonyl (C=O) groups excluding carboxylic acids is 2. The number of carbonyl (C=O) groups is 2. The minimum absolute atomic E-state index is 0.229. The van der Waals surface area contributed by atoms with E-state index in [-0.39, 0.29) is 17.7 Å². The fraction of sp³-hybridized carbons (Fsp3) is 0.500. The van der Waals surface area contributed by atoms with Crippen LogP contribution in [0.1, 0.15) is 12.8 Å². The van der Waals surface area contributed by atoms with E-state index in [9.17, 15) is 9.59 Å². The molecule has 2 unspecified atom stereocenters. The zero-order chi connectivity index (χ0) is 9.14. The lowest BCUT2D eigenvalue weighted by Crippen LogP contribution is -2.31. The van der Waals surface area contributed by atoms with Crippen LogP contribution in [-0.2, 0) is 9.59 Å². The molecule has 0 bridgehead atoms. The van der Waals surface area contributed by atoms with E-state index in [2.05, 4.69) is 0 Å². The third-order valence-electron chi connectivity index (χ3n) is 2.10. The summed E-state index contributed by atoms with van der Waals surface area (Å²) in [7, 11) is 0. The molecule has 4 heteroatoms. The maximum atomic E-state index is 10.8. The number of primary amides is 2. The van der Waals surface area contributed by atoms with Gasteiger partial charge in [-0.05, 0) is 12.8 Å². The minimum atomic E-state index is -0.391. The molecule has 0 saturated heterocycles. The summed E-state index contributed by atoms with van der Waals surface area (Å²) in [6, 6.07) is 0. The quantitative estimate of drug-likeness (QED) is 0.546. The van der Waals surface area contributed by atoms with Gasteiger partial charge >= 0.3 is 0 Å². The van der Waals surface area contributed by atoms with Crippen LogP contribution in [0.4, 0.5) is 0 Å². The van der Waals surface area contributed by atoms with Crippen molar-refractivity contribution in [2.75, 3.05) is 0 Å². The lowest BCUT2D eigenvalue weighted by Gasteiger charge is -2.19. The highest BCUT2D eigenvalue weighted by atomic mass is 16.1. The Morgan fingerprint density at radius 3 is 2.42 bits per heavy atom. The lowest BCUT2D eigenvalue weighted by molar-refractivity contribution is -0.124. The smallest absolute Gasteiger partial charge is 0.224 e. The Morgan fingerprint density at radius 1 is 1.25 bits per heavy atom. The number of allylic oxidation sites excluding steroid dienone is 1. The number of rotatable bonds is 2. The van der Waals surface area contributed by atoms with Gasteiger partial charge < -0.3 is 11.5 Å². The zero-order valence-electron chi connectivity index (χ0n) is 6.69. The second-order valence-corrected chi connectivity index (χ2v) is 3.01. The normalized spacial score (nSPS) is 28.3. The van der Waals surface area contributed by atoms with Crippen molar-refractivity contribution in [2.45, 2.75) is 12.8 Å². The van der Waals surface area contributed by atoms with Crippen molar-refractivity contribution in [2.24, 2.45) is 23.3 Å². The van der Waals surface area contributed by atoms with Crippen molar-refractivity contribution in [1.29, 1.82) is 0 Å². The van der Waals surface area contributed by atoms with Crippen LogP contribution in [0.3, 0.4) is 0 Å². The summed E-state index contributed by atoms with van der Waals surface area (Å²) in [5.74, 6) is -1.30. The molecule has 2 atom stereocenters. The number of hydrogen-bond donors (Lipinski definition) is 2. The van der Waals surface area contributed by atoms with Gasteiger partial charge in [0.2, 0.25) is 11.8 Å². The number of nitrogens with two attached hydrogens (primary N) is 2. The van der Waals surface area contributed by atoms with Gasteiger partial charge in [0.25, 0.3) is 0 Å². The summed E-state index contributed by atoms with van der Waals surface area (Å²) in [4.78, 5) is 21.5. The van der Waals surface area contributed by atoms with Gasteiger partial charge in [0, 0.05) is 5.92 Å². The van der Waals surface area contributed by atoms with Gasteiger partial charge in [-0.3, -0.25) is 9.59 Å². The molecular weight excluding hydrogens is 156 g/mol. The summed E-state index contributed by atoms with van der Waals surface area (Å²) in [5, 5.41) is 0. The molecular formula is C8H12N2O2. The average molecular weight is 168 g/mol. The van der Waals surface area contributed by atoms with E-state index >= 15 is 0 Å². The van der Waals surface area contributed by atoms with Gasteiger partial charge in [0.15, 0.2) is 0 Å². The molecule has 66 valence electrons. The predicted octanol–water partition coefficient (Wildman–Crippen LogP) is -0.461. The summed E-state index contributed by atoms with van der Waals surface area (Å²) >= 11 is 0. The first-order valence-corrected chi connectivity index (χ1v) is 3.86. The zero-order valence-corrected chi connectivity index (χ0v) is 6.69. The molecule has 0 heterocycles. The van der Waals surface area contributed by atoms with Crippen LogP contribution in [0.2, 0.25) is 0 Å². The third-order valence-corrected chi connectivity index (χ3v) is 2.10. The lowest BCUT2D eigenvalue weighted by atomic mass is 9.86. The summed E-state index contributed by atoms with van der Waals surface area (Å²) in [6.45, 7) is 0. The van der Waals surface area contributed by atoms with Crippen LogP contribution < -0.4 is 11.5 Å². The van der Waals surface area contributed by atoms with Crippen molar-refractivity contribution in [1.82, 2.24) is 0 Å². The van der Waals surface area contributed by atoms with Crippen LogP contribution in [0, 0.1) is 11.8 Å². The Kier molecular flexibility index (Phi) is 2.47. The van der Waals surface area contributed by atoms with E-state index in [0.29, 0.717) is 12.8 Å². The van der Waals surface area contributed by atoms with Gasteiger partial charge in [0.05, 0.1) is 5.92 Å². The maximum Gasteiger partial charge on any atom is 0.224 e. The van der Waals surface area contributed by atoms with E-state index in [4.69, 9.17) is 11.5 Å². The Bertz CT molecular complexity index is 235. The summed E-state index contributed by atoms with van der Waals surface area (Å²) < 4.78 is 0. The van der Waals surface area contributed by atoms with Crippen molar-refractivity contribution in [3.63, 3.8) is 0 Å². The first kappa shape index (κ1) is 8.77. The molecule has 0 radical (unpaired) electrons. The third kappa shape index (κ3) is 1.84. The highest BCUT2D eigenvalue weighted by Gasteiger charge is 2.24. The van der Waals surface area contributed by atoms with E-state index in [0.717, 1.165) is 0 Å². The van der Waals surface area contributed by atoms with E-state index in [1.807, 2.05) is 0 Å². The fourth-order valence-electron chi connectivity index (χ4n) is 1.33. The largest absolute Gasteiger partial charge is 0.369 e. The second kappa shape index (κ2) is 3.38. The number of amides is 2. The van der Waals surface area contributed by atoms with Crippen LogP contribution in [0.25, 0.3) is 0 Å². The van der Waals surface area contributed by atoms with Crippen molar-refractivity contribution >= 4 is 11.8 Å². The van der Waals surface area contributed by atoms with Crippen LogP contribution >= 0.6 is 0 Å². The van der Waals surface area contributed by atoms with Gasteiger partial charge in [-0.25, -0.2) is 0 Å². The van der Waals surface area contributed by atoms with E-state index in [1.165, 1.54) is 0 Å². The van der Waals surface area contributed by atoms with Crippen LogP contribution in [0.5, 0.6) is 0 Å². The molecule has 0 saturated carbocycles. The molecule has 0 aromatic rings. The predicted molar refractivity (Wildman–Crippen MR) is 43.7 cm³/mol. The van der Waals surface area contributed by atoms with Gasteiger partial charge in [0.1, 0.15) is 0 Å². The molecule has 2 amide bonds. The minimum Gasteiger partial charge on any atom is -0.369 e. The van der Waals surface area contributed by atoms with Crippen molar-refractivity contribution in [3.8, 4) is 0 Å². The van der Waals surface area contributed by atoms with E-state index < -0.39 is 5.91 Å². The topological polar surface area (TPSA) is 86.2 Å². The molecule has 4 N–H and O–H groups in total. The molecule has 0 aromatic carbocycles. The van der Waals surface area contributed by atoms with Gasteiger partial charge in [-0.2, -0.15) is 0 Å². The van der Waals surface area contributed by atoms with Gasteiger partial charge in [-0.1, -0.05) is 12.2 Å². The molecule has 0 aliphatic heterocycles. The Hall–Kier alpha value is -1.32. The molecule has 1 aliphatic carbocycles. The first-order valence-electron chi connectivity index (χ1n) is 3.86. The fourth-order valence-corrected chi connectivity index (χ4v) is 1.33. The Labute approximate surface area is 70.6 Å². The van der Waals surface area contributed by atoms with Gasteiger partial charge in [-0.15, -0.1) is 0 Å². The highest BCUT2D eigenvalue weighted by molar-refractivity contribution is 5.82. The van der Waals surface area contributed by atoms with Crippen LogP contribution in [-0.4, -0.2) is 11.8 Å². The van der Waals surface area contributed by atoms with Crippen molar-refractivity contribution < 1.29 is 9.59 Å². The summed E-state index contributed by atoms with van der Waals surface area (Å²) in [5.41, 5.74) is 10.2. The average Bonchev–Trinajstić information content (AvgIpc) is 2.04. The molecule has 0 fully saturated rings.